The molecule has 4 aromatic rings. The van der Waals surface area contributed by atoms with E-state index in [-0.39, 0.29) is 11.8 Å². The third-order valence-electron chi connectivity index (χ3n) is 5.53. The van der Waals surface area contributed by atoms with E-state index in [9.17, 15) is 4.79 Å². The standard InChI is InChI=1S/C21H22N6O/c28-20(11-13-27-19-10-4-3-9-18(19)24-25-27)26-12-5-6-15(14-26)21-22-16-7-1-2-8-17(16)23-21/h1-4,7-10,15H,5-6,11-14H2,(H,22,23)/t15-/m1/s1. The van der Waals surface area contributed by atoms with Crippen LogP contribution in [0.3, 0.4) is 0 Å². The first-order valence-electron chi connectivity index (χ1n) is 9.78. The molecule has 1 saturated heterocycles. The summed E-state index contributed by atoms with van der Waals surface area (Å²) in [5.74, 6) is 1.42. The largest absolute Gasteiger partial charge is 0.342 e. The third-order valence-corrected chi connectivity index (χ3v) is 5.53. The molecule has 0 radical (unpaired) electrons. The number of rotatable bonds is 4. The number of likely N-dealkylation sites (tertiary alicyclic amines) is 1. The maximum absolute atomic E-state index is 12.8. The number of carbonyl (C=O) groups excluding carboxylic acids is 1. The van der Waals surface area contributed by atoms with Crippen molar-refractivity contribution in [2.75, 3.05) is 13.1 Å². The first-order valence-corrected chi connectivity index (χ1v) is 9.78. The van der Waals surface area contributed by atoms with Crippen LogP contribution in [0.4, 0.5) is 0 Å². The van der Waals surface area contributed by atoms with Crippen LogP contribution < -0.4 is 0 Å². The van der Waals surface area contributed by atoms with E-state index in [2.05, 4.69) is 15.3 Å². The molecular weight excluding hydrogens is 352 g/mol. The van der Waals surface area contributed by atoms with E-state index in [1.165, 1.54) is 0 Å². The van der Waals surface area contributed by atoms with Crippen LogP contribution in [0.2, 0.25) is 0 Å². The van der Waals surface area contributed by atoms with Crippen molar-refractivity contribution in [1.29, 1.82) is 0 Å². The van der Waals surface area contributed by atoms with E-state index in [0.717, 1.165) is 53.8 Å². The molecule has 5 rings (SSSR count). The van der Waals surface area contributed by atoms with Crippen molar-refractivity contribution < 1.29 is 4.79 Å². The predicted molar refractivity (Wildman–Crippen MR) is 107 cm³/mol. The Morgan fingerprint density at radius 2 is 1.93 bits per heavy atom. The van der Waals surface area contributed by atoms with Crippen LogP contribution in [0, 0.1) is 0 Å². The van der Waals surface area contributed by atoms with Gasteiger partial charge in [-0.05, 0) is 37.1 Å². The van der Waals surface area contributed by atoms with E-state index >= 15 is 0 Å². The lowest BCUT2D eigenvalue weighted by Crippen LogP contribution is -2.39. The zero-order chi connectivity index (χ0) is 18.9. The second-order valence-electron chi connectivity index (χ2n) is 7.37. The third kappa shape index (κ3) is 3.13. The number of aromatic amines is 1. The van der Waals surface area contributed by atoms with Crippen LogP contribution in [0.5, 0.6) is 0 Å². The summed E-state index contributed by atoms with van der Waals surface area (Å²) in [6.45, 7) is 2.08. The van der Waals surface area contributed by atoms with Crippen LogP contribution in [-0.4, -0.2) is 48.9 Å². The second kappa shape index (κ2) is 7.07. The molecule has 1 fully saturated rings. The number of hydrogen-bond donors (Lipinski definition) is 1. The minimum atomic E-state index is 0.167. The minimum absolute atomic E-state index is 0.167. The molecule has 2 aromatic heterocycles. The van der Waals surface area contributed by atoms with E-state index in [4.69, 9.17) is 4.98 Å². The highest BCUT2D eigenvalue weighted by molar-refractivity contribution is 5.78. The summed E-state index contributed by atoms with van der Waals surface area (Å²) in [7, 11) is 0. The molecule has 1 atom stereocenters. The molecule has 7 heteroatoms. The Kier molecular flexibility index (Phi) is 4.27. The van der Waals surface area contributed by atoms with Crippen LogP contribution in [0.1, 0.15) is 31.0 Å². The average molecular weight is 374 g/mol. The Balaban J connectivity index is 1.26. The Morgan fingerprint density at radius 3 is 2.82 bits per heavy atom. The number of H-pyrrole nitrogens is 1. The Labute approximate surface area is 162 Å². The average Bonchev–Trinajstić information content (AvgIpc) is 3.36. The fraction of sp³-hybridized carbons (Fsp3) is 0.333. The van der Waals surface area contributed by atoms with Gasteiger partial charge in [-0.25, -0.2) is 9.67 Å². The van der Waals surface area contributed by atoms with Crippen LogP contribution in [-0.2, 0) is 11.3 Å². The predicted octanol–water partition coefficient (Wildman–Crippen LogP) is 3.10. The van der Waals surface area contributed by atoms with Gasteiger partial charge < -0.3 is 9.88 Å². The quantitative estimate of drug-likeness (QED) is 0.595. The number of fused-ring (bicyclic) bond motifs is 2. The lowest BCUT2D eigenvalue weighted by atomic mass is 9.97. The molecule has 1 aliphatic rings. The van der Waals surface area contributed by atoms with E-state index in [1.54, 1.807) is 0 Å². The molecule has 1 amide bonds. The molecule has 1 N–H and O–H groups in total. The number of hydrogen-bond acceptors (Lipinski definition) is 4. The van der Waals surface area contributed by atoms with Gasteiger partial charge in [-0.3, -0.25) is 4.79 Å². The van der Waals surface area contributed by atoms with Gasteiger partial charge in [0.05, 0.1) is 23.1 Å². The highest BCUT2D eigenvalue weighted by atomic mass is 16.2. The summed E-state index contributed by atoms with van der Waals surface area (Å²) in [4.78, 5) is 22.9. The number of carbonyl (C=O) groups is 1. The monoisotopic (exact) mass is 374 g/mol. The number of nitrogens with one attached hydrogen (secondary N) is 1. The van der Waals surface area contributed by atoms with Crippen LogP contribution in [0.25, 0.3) is 22.1 Å². The molecule has 142 valence electrons. The maximum Gasteiger partial charge on any atom is 0.224 e. The van der Waals surface area contributed by atoms with Crippen molar-refractivity contribution in [3.63, 3.8) is 0 Å². The zero-order valence-electron chi connectivity index (χ0n) is 15.6. The van der Waals surface area contributed by atoms with Gasteiger partial charge in [-0.1, -0.05) is 29.5 Å². The molecule has 0 saturated carbocycles. The molecule has 1 aliphatic heterocycles. The number of nitrogens with zero attached hydrogens (tertiary/aromatic N) is 5. The van der Waals surface area contributed by atoms with E-state index < -0.39 is 0 Å². The molecule has 28 heavy (non-hydrogen) atoms. The maximum atomic E-state index is 12.8. The molecule has 3 heterocycles. The smallest absolute Gasteiger partial charge is 0.224 e. The summed E-state index contributed by atoms with van der Waals surface area (Å²) >= 11 is 0. The fourth-order valence-electron chi connectivity index (χ4n) is 4.03. The van der Waals surface area contributed by atoms with Gasteiger partial charge in [0.25, 0.3) is 0 Å². The highest BCUT2D eigenvalue weighted by Gasteiger charge is 2.26. The number of benzene rings is 2. The van der Waals surface area contributed by atoms with Gasteiger partial charge in [0.15, 0.2) is 0 Å². The number of para-hydroxylation sites is 3. The van der Waals surface area contributed by atoms with Crippen LogP contribution in [0.15, 0.2) is 48.5 Å². The topological polar surface area (TPSA) is 79.7 Å². The van der Waals surface area contributed by atoms with Gasteiger partial charge in [0.1, 0.15) is 11.3 Å². The summed E-state index contributed by atoms with van der Waals surface area (Å²) < 4.78 is 1.81. The Bertz CT molecular complexity index is 1100. The number of aromatic nitrogens is 5. The lowest BCUT2D eigenvalue weighted by Gasteiger charge is -2.32. The summed E-state index contributed by atoms with van der Waals surface area (Å²) in [6, 6.07) is 15.9. The van der Waals surface area contributed by atoms with Crippen molar-refractivity contribution in [2.24, 2.45) is 0 Å². The van der Waals surface area contributed by atoms with E-state index in [0.29, 0.717) is 13.0 Å². The van der Waals surface area contributed by atoms with Gasteiger partial charge in [0.2, 0.25) is 5.91 Å². The fourth-order valence-corrected chi connectivity index (χ4v) is 4.03. The van der Waals surface area contributed by atoms with Crippen molar-refractivity contribution in [3.8, 4) is 0 Å². The number of amides is 1. The van der Waals surface area contributed by atoms with Crippen molar-refractivity contribution in [1.82, 2.24) is 29.9 Å². The van der Waals surface area contributed by atoms with E-state index in [1.807, 2.05) is 58.1 Å². The molecular formula is C21H22N6O. The molecule has 7 nitrogen and oxygen atoms in total. The highest BCUT2D eigenvalue weighted by Crippen LogP contribution is 2.27. The molecule has 0 bridgehead atoms. The van der Waals surface area contributed by atoms with Gasteiger partial charge in [-0.2, -0.15) is 0 Å². The Hall–Kier alpha value is -3.22. The van der Waals surface area contributed by atoms with Crippen molar-refractivity contribution in [3.05, 3.63) is 54.4 Å². The molecule has 0 spiro atoms. The van der Waals surface area contributed by atoms with Gasteiger partial charge in [-0.15, -0.1) is 5.10 Å². The minimum Gasteiger partial charge on any atom is -0.342 e. The normalized spacial score (nSPS) is 17.4. The second-order valence-corrected chi connectivity index (χ2v) is 7.37. The Morgan fingerprint density at radius 1 is 1.11 bits per heavy atom. The number of imidazole rings is 1. The molecule has 0 unspecified atom stereocenters. The van der Waals surface area contributed by atoms with Crippen molar-refractivity contribution >= 4 is 28.0 Å². The zero-order valence-corrected chi connectivity index (χ0v) is 15.6. The first-order chi connectivity index (χ1) is 13.8. The first kappa shape index (κ1) is 16.9. The van der Waals surface area contributed by atoms with Crippen molar-refractivity contribution in [2.45, 2.75) is 31.7 Å². The van der Waals surface area contributed by atoms with Crippen LogP contribution >= 0.6 is 0 Å². The molecule has 0 aliphatic carbocycles. The summed E-state index contributed by atoms with van der Waals surface area (Å²) in [6.07, 6.45) is 2.48. The summed E-state index contributed by atoms with van der Waals surface area (Å²) in [5, 5.41) is 8.34. The SMILES string of the molecule is O=C(CCn1nnc2ccccc21)N1CCC[C@@H](c2nc3ccccc3[nH]2)C1. The summed E-state index contributed by atoms with van der Waals surface area (Å²) in [5.41, 5.74) is 3.87. The lowest BCUT2D eigenvalue weighted by molar-refractivity contribution is -0.132. The van der Waals surface area contributed by atoms with Gasteiger partial charge >= 0.3 is 0 Å². The number of piperidine rings is 1. The van der Waals surface area contributed by atoms with Gasteiger partial charge in [0, 0.05) is 25.4 Å². The molecule has 2 aromatic carbocycles. The number of aryl methyl sites for hydroxylation is 1.